The normalized spacial score (nSPS) is 11.3. The van der Waals surface area contributed by atoms with E-state index in [2.05, 4.69) is 14.8 Å². The third kappa shape index (κ3) is 7.30. The highest BCUT2D eigenvalue weighted by Crippen LogP contribution is 2.29. The van der Waals surface area contributed by atoms with Crippen LogP contribution in [0.25, 0.3) is 0 Å². The summed E-state index contributed by atoms with van der Waals surface area (Å²) in [5.74, 6) is -0.627. The molecular weight excluding hydrogens is 434 g/mol. The predicted octanol–water partition coefficient (Wildman–Crippen LogP) is 2.48. The molecule has 0 heterocycles. The Kier molecular flexibility index (Phi) is 8.46. The van der Waals surface area contributed by atoms with Crippen LogP contribution in [0.4, 0.5) is 8.78 Å². The van der Waals surface area contributed by atoms with Crippen LogP contribution in [0.3, 0.4) is 0 Å². The molecule has 2 N–H and O–H groups in total. The van der Waals surface area contributed by atoms with Gasteiger partial charge in [-0.15, -0.1) is 0 Å². The Morgan fingerprint density at radius 2 is 1.74 bits per heavy atom. The molecule has 31 heavy (non-hydrogen) atoms. The molecule has 0 aliphatic rings. The number of methoxy groups -OCH3 is 1. The summed E-state index contributed by atoms with van der Waals surface area (Å²) < 4.78 is 60.8. The molecule has 0 aromatic heterocycles. The Hall–Kier alpha value is -3.05. The van der Waals surface area contributed by atoms with Gasteiger partial charge in [-0.3, -0.25) is 9.59 Å². The predicted molar refractivity (Wildman–Crippen MR) is 108 cm³/mol. The molecule has 0 unspecified atom stereocenters. The Bertz CT molecular complexity index is 1030. The van der Waals surface area contributed by atoms with Crippen LogP contribution >= 0.6 is 0 Å². The molecule has 0 aliphatic heterocycles. The van der Waals surface area contributed by atoms with Crippen molar-refractivity contribution in [3.8, 4) is 11.5 Å². The second-order valence-electron chi connectivity index (χ2n) is 6.37. The molecule has 0 fully saturated rings. The topological polar surface area (TPSA) is 111 Å². The van der Waals surface area contributed by atoms with Crippen molar-refractivity contribution in [3.05, 3.63) is 53.6 Å². The summed E-state index contributed by atoms with van der Waals surface area (Å²) in [6.45, 7) is -1.66. The van der Waals surface area contributed by atoms with Crippen LogP contribution in [0.2, 0.25) is 0 Å². The van der Waals surface area contributed by atoms with E-state index < -0.39 is 22.5 Å². The number of rotatable bonds is 11. The fourth-order valence-electron chi connectivity index (χ4n) is 2.56. The summed E-state index contributed by atoms with van der Waals surface area (Å²) >= 11 is 0. The highest BCUT2D eigenvalue weighted by Gasteiger charge is 2.15. The van der Waals surface area contributed by atoms with Crippen molar-refractivity contribution in [3.63, 3.8) is 0 Å². The van der Waals surface area contributed by atoms with Gasteiger partial charge < -0.3 is 14.8 Å². The average Bonchev–Trinajstić information content (AvgIpc) is 2.72. The number of carbonyl (C=O) groups excluding carboxylic acids is 2. The minimum Gasteiger partial charge on any atom is -0.493 e. The number of halogens is 2. The van der Waals surface area contributed by atoms with Crippen LogP contribution in [-0.2, 0) is 21.4 Å². The number of ether oxygens (including phenoxy) is 2. The minimum absolute atomic E-state index is 0.0175. The first kappa shape index (κ1) is 24.2. The fraction of sp³-hybridized carbons (Fsp3) is 0.300. The summed E-state index contributed by atoms with van der Waals surface area (Å²) in [5.41, 5.74) is 0.974. The molecule has 2 rings (SSSR count). The van der Waals surface area contributed by atoms with Crippen LogP contribution in [-0.4, -0.2) is 40.4 Å². The molecule has 2 aromatic rings. The van der Waals surface area contributed by atoms with Crippen molar-refractivity contribution in [2.24, 2.45) is 0 Å². The van der Waals surface area contributed by atoms with Gasteiger partial charge in [-0.2, -0.15) is 8.78 Å². The van der Waals surface area contributed by atoms with Gasteiger partial charge in [-0.1, -0.05) is 18.2 Å². The Labute approximate surface area is 178 Å². The molecule has 0 spiro atoms. The van der Waals surface area contributed by atoms with Gasteiger partial charge in [0, 0.05) is 25.1 Å². The van der Waals surface area contributed by atoms with Crippen LogP contribution in [0.5, 0.6) is 11.5 Å². The monoisotopic (exact) mass is 456 g/mol. The second kappa shape index (κ2) is 10.8. The quantitative estimate of drug-likeness (QED) is 0.503. The maximum absolute atomic E-state index is 12.4. The molecular formula is C20H22F2N2O6S. The molecule has 0 bridgehead atoms. The third-order valence-electron chi connectivity index (χ3n) is 4.15. The molecule has 2 aromatic carbocycles. The van der Waals surface area contributed by atoms with E-state index in [9.17, 15) is 26.8 Å². The number of sulfonamides is 1. The van der Waals surface area contributed by atoms with E-state index in [4.69, 9.17) is 4.74 Å². The number of carbonyl (C=O) groups is 2. The summed E-state index contributed by atoms with van der Waals surface area (Å²) in [5, 5.41) is 2.60. The molecule has 0 aliphatic carbocycles. The lowest BCUT2D eigenvalue weighted by atomic mass is 10.2. The number of alkyl halides is 2. The number of benzene rings is 2. The first-order valence-corrected chi connectivity index (χ1v) is 10.6. The first-order chi connectivity index (χ1) is 14.6. The lowest BCUT2D eigenvalue weighted by Gasteiger charge is -2.12. The SMILES string of the molecule is COc1cc(CNC(=O)CCNS(=O)(=O)c2ccc(C(C)=O)cc2)ccc1OC(F)F. The van der Waals surface area contributed by atoms with E-state index in [0.29, 0.717) is 11.1 Å². The zero-order chi connectivity index (χ0) is 23.0. The molecule has 11 heteroatoms. The molecule has 0 radical (unpaired) electrons. The summed E-state index contributed by atoms with van der Waals surface area (Å²) in [6, 6.07) is 9.70. The highest BCUT2D eigenvalue weighted by atomic mass is 32.2. The van der Waals surface area contributed by atoms with Crippen LogP contribution < -0.4 is 19.5 Å². The number of Topliss-reactive ketones (excluding diaryl/α,β-unsaturated/α-hetero) is 1. The first-order valence-electron chi connectivity index (χ1n) is 9.11. The molecule has 1 amide bonds. The summed E-state index contributed by atoms with van der Waals surface area (Å²) in [6.07, 6.45) is -0.117. The van der Waals surface area contributed by atoms with Crippen molar-refractivity contribution in [1.29, 1.82) is 0 Å². The molecule has 8 nitrogen and oxygen atoms in total. The van der Waals surface area contributed by atoms with Gasteiger partial charge in [0.05, 0.1) is 12.0 Å². The van der Waals surface area contributed by atoms with Crippen molar-refractivity contribution < 1.29 is 36.3 Å². The number of hydrogen-bond acceptors (Lipinski definition) is 6. The Morgan fingerprint density at radius 1 is 1.06 bits per heavy atom. The standard InChI is InChI=1S/C20H22F2N2O6S/c1-13(25)15-4-6-16(7-5-15)31(27,28)24-10-9-19(26)23-12-14-3-8-17(30-20(21)22)18(11-14)29-2/h3-8,11,20,24H,9-10,12H2,1-2H3,(H,23,26). The van der Waals surface area contributed by atoms with Crippen LogP contribution in [0, 0.1) is 0 Å². The van der Waals surface area contributed by atoms with E-state index in [-0.39, 0.29) is 41.7 Å². The smallest absolute Gasteiger partial charge is 0.387 e. The number of ketones is 1. The molecule has 0 saturated carbocycles. The van der Waals surface area contributed by atoms with Gasteiger partial charge in [-0.05, 0) is 36.8 Å². The van der Waals surface area contributed by atoms with Crippen LogP contribution in [0.1, 0.15) is 29.3 Å². The van der Waals surface area contributed by atoms with Gasteiger partial charge >= 0.3 is 6.61 Å². The lowest BCUT2D eigenvalue weighted by molar-refractivity contribution is -0.121. The number of nitrogens with one attached hydrogen (secondary N) is 2. The molecule has 168 valence electrons. The van der Waals surface area contributed by atoms with E-state index in [1.165, 1.54) is 56.5 Å². The van der Waals surface area contributed by atoms with Crippen molar-refractivity contribution in [2.75, 3.05) is 13.7 Å². The minimum atomic E-state index is -3.82. The zero-order valence-corrected chi connectivity index (χ0v) is 17.7. The molecule has 0 atom stereocenters. The van der Waals surface area contributed by atoms with Gasteiger partial charge in [0.2, 0.25) is 15.9 Å². The van der Waals surface area contributed by atoms with Crippen molar-refractivity contribution in [1.82, 2.24) is 10.0 Å². The van der Waals surface area contributed by atoms with Crippen molar-refractivity contribution in [2.45, 2.75) is 31.4 Å². The maximum Gasteiger partial charge on any atom is 0.387 e. The zero-order valence-electron chi connectivity index (χ0n) is 16.9. The third-order valence-corrected chi connectivity index (χ3v) is 5.63. The van der Waals surface area contributed by atoms with E-state index in [1.807, 2.05) is 0 Å². The Balaban J connectivity index is 1.84. The fourth-order valence-corrected chi connectivity index (χ4v) is 3.59. The number of hydrogen-bond donors (Lipinski definition) is 2. The van der Waals surface area contributed by atoms with Crippen LogP contribution in [0.15, 0.2) is 47.4 Å². The van der Waals surface area contributed by atoms with Gasteiger partial charge in [0.25, 0.3) is 0 Å². The van der Waals surface area contributed by atoms with E-state index in [1.54, 1.807) is 0 Å². The second-order valence-corrected chi connectivity index (χ2v) is 8.14. The number of amides is 1. The molecule has 0 saturated heterocycles. The average molecular weight is 456 g/mol. The summed E-state index contributed by atoms with van der Waals surface area (Å²) in [4.78, 5) is 23.2. The van der Waals surface area contributed by atoms with Crippen molar-refractivity contribution >= 4 is 21.7 Å². The van der Waals surface area contributed by atoms with E-state index in [0.717, 1.165) is 0 Å². The summed E-state index contributed by atoms with van der Waals surface area (Å²) in [7, 11) is -2.52. The maximum atomic E-state index is 12.4. The Morgan fingerprint density at radius 3 is 2.32 bits per heavy atom. The highest BCUT2D eigenvalue weighted by molar-refractivity contribution is 7.89. The van der Waals surface area contributed by atoms with Gasteiger partial charge in [0.15, 0.2) is 17.3 Å². The van der Waals surface area contributed by atoms with Gasteiger partial charge in [0.1, 0.15) is 0 Å². The van der Waals surface area contributed by atoms with Gasteiger partial charge in [-0.25, -0.2) is 13.1 Å². The lowest BCUT2D eigenvalue weighted by Crippen LogP contribution is -2.30. The largest absolute Gasteiger partial charge is 0.493 e. The van der Waals surface area contributed by atoms with E-state index >= 15 is 0 Å².